The van der Waals surface area contributed by atoms with Crippen LogP contribution in [-0.2, 0) is 11.2 Å². The van der Waals surface area contributed by atoms with Crippen molar-refractivity contribution in [2.24, 2.45) is 5.41 Å². The Kier molecular flexibility index (Phi) is 4.82. The van der Waals surface area contributed by atoms with E-state index in [-0.39, 0.29) is 16.9 Å². The average molecular weight is 255 g/mol. The summed E-state index contributed by atoms with van der Waals surface area (Å²) < 4.78 is 26.2. The van der Waals surface area contributed by atoms with Gasteiger partial charge in [0.15, 0.2) is 0 Å². The minimum atomic E-state index is -0.465. The van der Waals surface area contributed by atoms with Crippen molar-refractivity contribution >= 4 is 5.91 Å². The lowest BCUT2D eigenvalue weighted by Gasteiger charge is -2.17. The molecule has 0 spiro atoms. The molecule has 0 aromatic heterocycles. The van der Waals surface area contributed by atoms with Gasteiger partial charge in [-0.1, -0.05) is 20.8 Å². The van der Waals surface area contributed by atoms with Crippen LogP contribution in [-0.4, -0.2) is 12.5 Å². The van der Waals surface area contributed by atoms with E-state index < -0.39 is 11.6 Å². The molecule has 2 nitrogen and oxygen atoms in total. The van der Waals surface area contributed by atoms with Gasteiger partial charge in [-0.2, -0.15) is 0 Å². The lowest BCUT2D eigenvalue weighted by molar-refractivity contribution is -0.122. The van der Waals surface area contributed by atoms with Gasteiger partial charge in [0.25, 0.3) is 0 Å². The molecule has 1 amide bonds. The zero-order chi connectivity index (χ0) is 13.8. The maximum absolute atomic E-state index is 13.3. The number of hydrogen-bond donors (Lipinski definition) is 1. The van der Waals surface area contributed by atoms with Crippen LogP contribution in [0.1, 0.15) is 32.8 Å². The summed E-state index contributed by atoms with van der Waals surface area (Å²) in [4.78, 5) is 11.5. The van der Waals surface area contributed by atoms with E-state index in [2.05, 4.69) is 5.32 Å². The molecule has 0 bridgehead atoms. The van der Waals surface area contributed by atoms with Crippen LogP contribution in [0, 0.1) is 17.0 Å². The monoisotopic (exact) mass is 255 g/mol. The Morgan fingerprint density at radius 2 is 1.94 bits per heavy atom. The molecule has 1 aromatic rings. The van der Waals surface area contributed by atoms with Crippen molar-refractivity contribution in [3.8, 4) is 0 Å². The summed E-state index contributed by atoms with van der Waals surface area (Å²) in [6.07, 6.45) is 0.706. The van der Waals surface area contributed by atoms with Crippen LogP contribution in [0.15, 0.2) is 18.2 Å². The standard InChI is InChI=1S/C14H19F2NO/c1-14(2,3)9-13(18)17-7-6-10-8-11(15)4-5-12(10)16/h4-5,8H,6-7,9H2,1-3H3,(H,17,18). The molecule has 0 unspecified atom stereocenters. The zero-order valence-corrected chi connectivity index (χ0v) is 11.0. The molecule has 0 fully saturated rings. The Balaban J connectivity index is 2.42. The topological polar surface area (TPSA) is 29.1 Å². The van der Waals surface area contributed by atoms with E-state index in [1.807, 2.05) is 20.8 Å². The van der Waals surface area contributed by atoms with E-state index in [1.165, 1.54) is 0 Å². The second-order valence-corrected chi connectivity index (χ2v) is 5.57. The number of carbonyl (C=O) groups excluding carboxylic acids is 1. The lowest BCUT2D eigenvalue weighted by Crippen LogP contribution is -2.29. The molecule has 0 saturated heterocycles. The SMILES string of the molecule is CC(C)(C)CC(=O)NCCc1cc(F)ccc1F. The fourth-order valence-electron chi connectivity index (χ4n) is 1.62. The second kappa shape index (κ2) is 5.94. The quantitative estimate of drug-likeness (QED) is 0.880. The van der Waals surface area contributed by atoms with Crippen LogP contribution in [0.5, 0.6) is 0 Å². The molecule has 100 valence electrons. The molecule has 1 N–H and O–H groups in total. The van der Waals surface area contributed by atoms with Crippen LogP contribution in [0.4, 0.5) is 8.78 Å². The van der Waals surface area contributed by atoms with Gasteiger partial charge in [0, 0.05) is 13.0 Å². The van der Waals surface area contributed by atoms with E-state index in [0.717, 1.165) is 18.2 Å². The summed E-state index contributed by atoms with van der Waals surface area (Å²) in [5.74, 6) is -0.979. The summed E-state index contributed by atoms with van der Waals surface area (Å²) in [5, 5.41) is 2.71. The highest BCUT2D eigenvalue weighted by Gasteiger charge is 2.15. The van der Waals surface area contributed by atoms with Crippen molar-refractivity contribution in [3.05, 3.63) is 35.4 Å². The van der Waals surface area contributed by atoms with Gasteiger partial charge in [0.2, 0.25) is 5.91 Å². The first-order valence-electron chi connectivity index (χ1n) is 5.98. The third-order valence-corrected chi connectivity index (χ3v) is 2.42. The van der Waals surface area contributed by atoms with Crippen LogP contribution in [0.25, 0.3) is 0 Å². The average Bonchev–Trinajstić information content (AvgIpc) is 2.20. The molecule has 1 aromatic carbocycles. The maximum atomic E-state index is 13.3. The summed E-state index contributed by atoms with van der Waals surface area (Å²) in [5.41, 5.74) is 0.208. The predicted molar refractivity (Wildman–Crippen MR) is 67.1 cm³/mol. The van der Waals surface area contributed by atoms with Gasteiger partial charge in [0.1, 0.15) is 11.6 Å². The first-order chi connectivity index (χ1) is 8.28. The van der Waals surface area contributed by atoms with Crippen molar-refractivity contribution in [1.29, 1.82) is 0 Å². The third kappa shape index (κ3) is 5.25. The zero-order valence-electron chi connectivity index (χ0n) is 11.0. The van der Waals surface area contributed by atoms with Crippen molar-refractivity contribution in [3.63, 3.8) is 0 Å². The number of halogens is 2. The summed E-state index contributed by atoms with van der Waals surface area (Å²) in [6.45, 7) is 6.23. The molecule has 0 aliphatic rings. The molecular weight excluding hydrogens is 236 g/mol. The number of amides is 1. The first-order valence-corrected chi connectivity index (χ1v) is 5.98. The number of hydrogen-bond acceptors (Lipinski definition) is 1. The fraction of sp³-hybridized carbons (Fsp3) is 0.500. The molecule has 0 heterocycles. The molecular formula is C14H19F2NO. The maximum Gasteiger partial charge on any atom is 0.220 e. The van der Waals surface area contributed by atoms with Crippen LogP contribution in [0.2, 0.25) is 0 Å². The van der Waals surface area contributed by atoms with E-state index in [9.17, 15) is 13.6 Å². The van der Waals surface area contributed by atoms with Gasteiger partial charge in [-0.25, -0.2) is 8.78 Å². The summed E-state index contributed by atoms with van der Waals surface area (Å²) in [6, 6.07) is 3.34. The Hall–Kier alpha value is -1.45. The van der Waals surface area contributed by atoms with Crippen LogP contribution >= 0.6 is 0 Å². The number of carbonyl (C=O) groups is 1. The highest BCUT2D eigenvalue weighted by Crippen LogP contribution is 2.17. The van der Waals surface area contributed by atoms with E-state index in [0.29, 0.717) is 19.4 Å². The lowest BCUT2D eigenvalue weighted by atomic mass is 9.92. The number of benzene rings is 1. The number of nitrogens with one attached hydrogen (secondary N) is 1. The van der Waals surface area contributed by atoms with Crippen LogP contribution in [0.3, 0.4) is 0 Å². The minimum Gasteiger partial charge on any atom is -0.356 e. The van der Waals surface area contributed by atoms with E-state index in [1.54, 1.807) is 0 Å². The van der Waals surface area contributed by atoms with Gasteiger partial charge in [-0.05, 0) is 35.6 Å². The Morgan fingerprint density at radius 3 is 2.56 bits per heavy atom. The smallest absolute Gasteiger partial charge is 0.220 e. The summed E-state index contributed by atoms with van der Waals surface area (Å²) >= 11 is 0. The second-order valence-electron chi connectivity index (χ2n) is 5.57. The third-order valence-electron chi connectivity index (χ3n) is 2.42. The molecule has 1 rings (SSSR count). The van der Waals surface area contributed by atoms with Crippen molar-refractivity contribution in [1.82, 2.24) is 5.32 Å². The Bertz CT molecular complexity index is 424. The van der Waals surface area contributed by atoms with Crippen molar-refractivity contribution in [2.75, 3.05) is 6.54 Å². The minimum absolute atomic E-state index is 0.0701. The molecule has 0 saturated carbocycles. The van der Waals surface area contributed by atoms with E-state index >= 15 is 0 Å². The molecule has 0 radical (unpaired) electrons. The van der Waals surface area contributed by atoms with Crippen LogP contribution < -0.4 is 5.32 Å². The molecule has 18 heavy (non-hydrogen) atoms. The predicted octanol–water partition coefficient (Wildman–Crippen LogP) is 3.06. The molecule has 4 heteroatoms. The van der Waals surface area contributed by atoms with Gasteiger partial charge >= 0.3 is 0 Å². The Labute approximate surface area is 106 Å². The van der Waals surface area contributed by atoms with E-state index in [4.69, 9.17) is 0 Å². The normalized spacial score (nSPS) is 11.4. The van der Waals surface area contributed by atoms with Gasteiger partial charge in [-0.3, -0.25) is 4.79 Å². The highest BCUT2D eigenvalue weighted by atomic mass is 19.1. The van der Waals surface area contributed by atoms with Crippen molar-refractivity contribution in [2.45, 2.75) is 33.6 Å². The van der Waals surface area contributed by atoms with Crippen molar-refractivity contribution < 1.29 is 13.6 Å². The molecule has 0 atom stereocenters. The van der Waals surface area contributed by atoms with Gasteiger partial charge < -0.3 is 5.32 Å². The fourth-order valence-corrected chi connectivity index (χ4v) is 1.62. The highest BCUT2D eigenvalue weighted by molar-refractivity contribution is 5.76. The summed E-state index contributed by atoms with van der Waals surface area (Å²) in [7, 11) is 0. The Morgan fingerprint density at radius 1 is 1.28 bits per heavy atom. The number of rotatable bonds is 4. The van der Waals surface area contributed by atoms with Gasteiger partial charge in [0.05, 0.1) is 0 Å². The first kappa shape index (κ1) is 14.6. The molecule has 0 aliphatic heterocycles. The molecule has 0 aliphatic carbocycles. The largest absolute Gasteiger partial charge is 0.356 e. The van der Waals surface area contributed by atoms with Gasteiger partial charge in [-0.15, -0.1) is 0 Å².